The minimum Gasteiger partial charge on any atom is -0.484 e. The van der Waals surface area contributed by atoms with E-state index >= 15 is 0 Å². The summed E-state index contributed by atoms with van der Waals surface area (Å²) < 4.78 is 5.39. The van der Waals surface area contributed by atoms with E-state index in [9.17, 15) is 9.90 Å². The van der Waals surface area contributed by atoms with Crippen molar-refractivity contribution in [3.8, 4) is 5.75 Å². The first kappa shape index (κ1) is 14.8. The molecule has 0 aromatic heterocycles. The Bertz CT molecular complexity index is 446. The molecule has 1 aromatic rings. The molecule has 0 heterocycles. The first-order valence-corrected chi connectivity index (χ1v) is 6.86. The number of hydrogen-bond donors (Lipinski definition) is 3. The van der Waals surface area contributed by atoms with Crippen LogP contribution in [0.1, 0.15) is 18.4 Å². The third kappa shape index (κ3) is 3.95. The van der Waals surface area contributed by atoms with Gasteiger partial charge in [0.05, 0.1) is 6.10 Å². The number of carbonyl (C=O) groups excluding carboxylic acids is 1. The fourth-order valence-corrected chi connectivity index (χ4v) is 2.47. The molecule has 1 aliphatic carbocycles. The van der Waals surface area contributed by atoms with Crippen LogP contribution in [0.2, 0.25) is 0 Å². The number of carbonyl (C=O) groups is 1. The van der Waals surface area contributed by atoms with Crippen LogP contribution in [0.25, 0.3) is 0 Å². The maximum Gasteiger partial charge on any atom is 0.258 e. The van der Waals surface area contributed by atoms with Crippen LogP contribution in [0, 0.1) is 12.8 Å². The van der Waals surface area contributed by atoms with Crippen LogP contribution in [0.4, 0.5) is 0 Å². The van der Waals surface area contributed by atoms with Crippen molar-refractivity contribution in [2.45, 2.75) is 31.9 Å². The van der Waals surface area contributed by atoms with Gasteiger partial charge in [0.15, 0.2) is 6.61 Å². The minimum atomic E-state index is -0.539. The molecule has 5 nitrogen and oxygen atoms in total. The minimum absolute atomic E-state index is 0.0422. The van der Waals surface area contributed by atoms with Gasteiger partial charge in [-0.25, -0.2) is 0 Å². The van der Waals surface area contributed by atoms with Gasteiger partial charge in [0.1, 0.15) is 5.75 Å². The molecular formula is C15H21NO4. The predicted molar refractivity (Wildman–Crippen MR) is 74.4 cm³/mol. The molecule has 1 amide bonds. The maximum absolute atomic E-state index is 11.8. The molecule has 1 aromatic carbocycles. The lowest BCUT2D eigenvalue weighted by Crippen LogP contribution is -2.36. The zero-order chi connectivity index (χ0) is 14.5. The quantitative estimate of drug-likeness (QED) is 0.738. The SMILES string of the molecule is Cc1ccc(OCC(=O)N[C@H]2C[C@H](CO)[C@H](O)C2)cc1. The zero-order valence-electron chi connectivity index (χ0n) is 11.6. The summed E-state index contributed by atoms with van der Waals surface area (Å²) in [7, 11) is 0. The van der Waals surface area contributed by atoms with Gasteiger partial charge in [0, 0.05) is 18.6 Å². The molecule has 1 aliphatic rings. The van der Waals surface area contributed by atoms with E-state index in [1.165, 1.54) is 0 Å². The molecule has 2 rings (SSSR count). The Labute approximate surface area is 118 Å². The third-order valence-electron chi connectivity index (χ3n) is 3.65. The predicted octanol–water partition coefficient (Wildman–Crippen LogP) is 0.622. The molecule has 0 bridgehead atoms. The maximum atomic E-state index is 11.8. The van der Waals surface area contributed by atoms with E-state index in [-0.39, 0.29) is 31.1 Å². The Hall–Kier alpha value is -1.59. The van der Waals surface area contributed by atoms with Crippen LogP contribution in [0.15, 0.2) is 24.3 Å². The first-order valence-electron chi connectivity index (χ1n) is 6.86. The number of ether oxygens (including phenoxy) is 1. The number of amides is 1. The van der Waals surface area contributed by atoms with Gasteiger partial charge in [0.25, 0.3) is 5.91 Å². The highest BCUT2D eigenvalue weighted by molar-refractivity contribution is 5.77. The lowest BCUT2D eigenvalue weighted by Gasteiger charge is -2.13. The van der Waals surface area contributed by atoms with Gasteiger partial charge in [-0.15, -0.1) is 0 Å². The lowest BCUT2D eigenvalue weighted by molar-refractivity contribution is -0.123. The van der Waals surface area contributed by atoms with E-state index in [1.807, 2.05) is 31.2 Å². The van der Waals surface area contributed by atoms with Crippen molar-refractivity contribution < 1.29 is 19.7 Å². The van der Waals surface area contributed by atoms with Crippen molar-refractivity contribution in [2.75, 3.05) is 13.2 Å². The second kappa shape index (κ2) is 6.72. The molecule has 1 saturated carbocycles. The van der Waals surface area contributed by atoms with E-state index in [0.29, 0.717) is 18.6 Å². The Morgan fingerprint density at radius 1 is 1.35 bits per heavy atom. The zero-order valence-corrected chi connectivity index (χ0v) is 11.6. The number of benzene rings is 1. The number of hydrogen-bond acceptors (Lipinski definition) is 4. The molecule has 3 atom stereocenters. The monoisotopic (exact) mass is 279 g/mol. The van der Waals surface area contributed by atoms with Gasteiger partial charge < -0.3 is 20.3 Å². The van der Waals surface area contributed by atoms with Gasteiger partial charge >= 0.3 is 0 Å². The van der Waals surface area contributed by atoms with Crippen LogP contribution in [0.5, 0.6) is 5.75 Å². The van der Waals surface area contributed by atoms with E-state index in [1.54, 1.807) is 0 Å². The topological polar surface area (TPSA) is 78.8 Å². The average molecular weight is 279 g/mol. The second-order valence-electron chi connectivity index (χ2n) is 5.35. The summed E-state index contributed by atoms with van der Waals surface area (Å²) in [4.78, 5) is 11.8. The molecule has 110 valence electrons. The summed E-state index contributed by atoms with van der Waals surface area (Å²) in [5.41, 5.74) is 1.14. The molecule has 20 heavy (non-hydrogen) atoms. The van der Waals surface area contributed by atoms with Crippen molar-refractivity contribution in [2.24, 2.45) is 5.92 Å². The van der Waals surface area contributed by atoms with E-state index in [0.717, 1.165) is 5.56 Å². The van der Waals surface area contributed by atoms with Crippen molar-refractivity contribution in [3.05, 3.63) is 29.8 Å². The number of aliphatic hydroxyl groups is 2. The highest BCUT2D eigenvalue weighted by Crippen LogP contribution is 2.25. The molecule has 1 fully saturated rings. The molecule has 0 unspecified atom stereocenters. The van der Waals surface area contributed by atoms with Crippen molar-refractivity contribution in [1.82, 2.24) is 5.32 Å². The van der Waals surface area contributed by atoms with E-state index in [4.69, 9.17) is 9.84 Å². The van der Waals surface area contributed by atoms with E-state index < -0.39 is 6.10 Å². The van der Waals surface area contributed by atoms with Crippen molar-refractivity contribution in [3.63, 3.8) is 0 Å². The van der Waals surface area contributed by atoms with Crippen LogP contribution < -0.4 is 10.1 Å². The number of aryl methyl sites for hydroxylation is 1. The van der Waals surface area contributed by atoms with Crippen LogP contribution in [-0.2, 0) is 4.79 Å². The summed E-state index contributed by atoms with van der Waals surface area (Å²) in [5, 5.41) is 21.5. The average Bonchev–Trinajstić information content (AvgIpc) is 2.78. The van der Waals surface area contributed by atoms with Crippen LogP contribution >= 0.6 is 0 Å². The Balaban J connectivity index is 1.74. The fraction of sp³-hybridized carbons (Fsp3) is 0.533. The normalized spacial score (nSPS) is 25.4. The van der Waals surface area contributed by atoms with Gasteiger partial charge in [-0.05, 0) is 31.9 Å². The largest absolute Gasteiger partial charge is 0.484 e. The Morgan fingerprint density at radius 3 is 2.65 bits per heavy atom. The Kier molecular flexibility index (Phi) is 4.98. The van der Waals surface area contributed by atoms with Crippen molar-refractivity contribution in [1.29, 1.82) is 0 Å². The van der Waals surface area contributed by atoms with Crippen molar-refractivity contribution >= 4 is 5.91 Å². The van der Waals surface area contributed by atoms with Gasteiger partial charge in [-0.3, -0.25) is 4.79 Å². The number of rotatable bonds is 5. The van der Waals surface area contributed by atoms with Gasteiger partial charge in [0.2, 0.25) is 0 Å². The molecule has 0 aliphatic heterocycles. The van der Waals surface area contributed by atoms with Gasteiger partial charge in [-0.2, -0.15) is 0 Å². The standard InChI is InChI=1S/C15H21NO4/c1-10-2-4-13(5-3-10)20-9-15(19)16-12-6-11(8-17)14(18)7-12/h2-5,11-12,14,17-18H,6-9H2,1H3,(H,16,19)/t11-,12+,14-/m1/s1. The molecular weight excluding hydrogens is 258 g/mol. The van der Waals surface area contributed by atoms with Crippen LogP contribution in [0.3, 0.4) is 0 Å². The molecule has 3 N–H and O–H groups in total. The lowest BCUT2D eigenvalue weighted by atomic mass is 10.1. The van der Waals surface area contributed by atoms with Gasteiger partial charge in [-0.1, -0.05) is 17.7 Å². The summed E-state index contributed by atoms with van der Waals surface area (Å²) in [5.74, 6) is 0.310. The third-order valence-corrected chi connectivity index (χ3v) is 3.65. The summed E-state index contributed by atoms with van der Waals surface area (Å²) in [6.45, 7) is 1.90. The number of nitrogens with one attached hydrogen (secondary N) is 1. The molecule has 0 radical (unpaired) electrons. The fourth-order valence-electron chi connectivity index (χ4n) is 2.47. The highest BCUT2D eigenvalue weighted by Gasteiger charge is 2.33. The highest BCUT2D eigenvalue weighted by atomic mass is 16.5. The van der Waals surface area contributed by atoms with Crippen LogP contribution in [-0.4, -0.2) is 41.5 Å². The summed E-state index contributed by atoms with van der Waals surface area (Å²) in [6.07, 6.45) is 0.554. The van der Waals surface area contributed by atoms with E-state index in [2.05, 4.69) is 5.32 Å². The molecule has 5 heteroatoms. The summed E-state index contributed by atoms with van der Waals surface area (Å²) >= 11 is 0. The second-order valence-corrected chi connectivity index (χ2v) is 5.35. The summed E-state index contributed by atoms with van der Waals surface area (Å²) in [6, 6.07) is 7.41. The molecule has 0 spiro atoms. The first-order chi connectivity index (χ1) is 9.58. The molecule has 0 saturated heterocycles. The smallest absolute Gasteiger partial charge is 0.258 e. The Morgan fingerprint density at radius 2 is 2.05 bits per heavy atom. The number of aliphatic hydroxyl groups excluding tert-OH is 2.